The molecule has 0 amide bonds. The number of hydrogen-bond donors (Lipinski definition) is 3. The molecule has 0 aliphatic heterocycles. The summed E-state index contributed by atoms with van der Waals surface area (Å²) in [4.78, 5) is 11.0. The Morgan fingerprint density at radius 2 is 2.10 bits per heavy atom. The normalized spacial score (nSPS) is 11.7. The first-order chi connectivity index (χ1) is 9.76. The SMILES string of the molecule is NNc1ccc([N+](=O)[O-])cc1CN(CCO)CC(F)(F)F. The van der Waals surface area contributed by atoms with Crippen LogP contribution in [-0.2, 0) is 6.54 Å². The Balaban J connectivity index is 3.00. The highest BCUT2D eigenvalue weighted by Crippen LogP contribution is 2.24. The molecule has 1 aromatic rings. The number of non-ortho nitro benzene ring substituents is 1. The van der Waals surface area contributed by atoms with Crippen molar-refractivity contribution in [3.05, 3.63) is 33.9 Å². The fourth-order valence-corrected chi connectivity index (χ4v) is 1.82. The summed E-state index contributed by atoms with van der Waals surface area (Å²) < 4.78 is 37.3. The van der Waals surface area contributed by atoms with Crippen molar-refractivity contribution in [1.82, 2.24) is 4.90 Å². The number of nitrogen functional groups attached to an aromatic ring is 1. The molecule has 0 spiro atoms. The summed E-state index contributed by atoms with van der Waals surface area (Å²) in [5.41, 5.74) is 2.55. The van der Waals surface area contributed by atoms with Gasteiger partial charge in [-0.05, 0) is 11.6 Å². The summed E-state index contributed by atoms with van der Waals surface area (Å²) in [6, 6.07) is 3.66. The third-order valence-corrected chi connectivity index (χ3v) is 2.67. The zero-order valence-corrected chi connectivity index (χ0v) is 10.9. The van der Waals surface area contributed by atoms with Gasteiger partial charge in [-0.25, -0.2) is 0 Å². The molecule has 21 heavy (non-hydrogen) atoms. The molecule has 1 aromatic carbocycles. The van der Waals surface area contributed by atoms with Gasteiger partial charge in [0.25, 0.3) is 5.69 Å². The van der Waals surface area contributed by atoms with Crippen molar-refractivity contribution in [3.8, 4) is 0 Å². The lowest BCUT2D eigenvalue weighted by Gasteiger charge is -2.23. The second-order valence-electron chi connectivity index (χ2n) is 4.29. The number of hydrogen-bond acceptors (Lipinski definition) is 6. The van der Waals surface area contributed by atoms with Crippen LogP contribution in [0.4, 0.5) is 24.5 Å². The molecule has 4 N–H and O–H groups in total. The minimum Gasteiger partial charge on any atom is -0.395 e. The predicted octanol–water partition coefficient (Wildman–Crippen LogP) is 1.24. The molecule has 0 bridgehead atoms. The van der Waals surface area contributed by atoms with E-state index in [0.717, 1.165) is 11.0 Å². The summed E-state index contributed by atoms with van der Waals surface area (Å²) in [6.07, 6.45) is -4.44. The Labute approximate surface area is 118 Å². The van der Waals surface area contributed by atoms with Crippen molar-refractivity contribution in [2.45, 2.75) is 12.7 Å². The van der Waals surface area contributed by atoms with Crippen LogP contribution in [0.1, 0.15) is 5.56 Å². The molecule has 0 saturated carbocycles. The number of hydrazine groups is 1. The minimum absolute atomic E-state index is 0.216. The molecule has 0 aliphatic carbocycles. The first kappa shape index (κ1) is 17.1. The van der Waals surface area contributed by atoms with Crippen molar-refractivity contribution >= 4 is 11.4 Å². The minimum atomic E-state index is -4.44. The number of halogens is 3. The van der Waals surface area contributed by atoms with Crippen molar-refractivity contribution < 1.29 is 23.2 Å². The molecule has 0 aliphatic rings. The second kappa shape index (κ2) is 7.20. The average molecular weight is 308 g/mol. The van der Waals surface area contributed by atoms with Gasteiger partial charge in [-0.2, -0.15) is 13.2 Å². The smallest absolute Gasteiger partial charge is 0.395 e. The van der Waals surface area contributed by atoms with Gasteiger partial charge in [0.15, 0.2) is 0 Å². The van der Waals surface area contributed by atoms with Crippen LogP contribution in [0.5, 0.6) is 0 Å². The molecule has 0 fully saturated rings. The van der Waals surface area contributed by atoms with Crippen molar-refractivity contribution in [1.29, 1.82) is 0 Å². The number of nitro benzene ring substituents is 1. The predicted molar refractivity (Wildman–Crippen MR) is 69.3 cm³/mol. The number of nitrogens with two attached hydrogens (primary N) is 1. The first-order valence-electron chi connectivity index (χ1n) is 5.90. The lowest BCUT2D eigenvalue weighted by molar-refractivity contribution is -0.384. The molecule has 0 unspecified atom stereocenters. The molecule has 0 heterocycles. The molecule has 0 aromatic heterocycles. The standard InChI is InChI=1S/C11H15F3N4O3/c12-11(13,14)7-17(3-4-19)6-8-5-9(18(20)21)1-2-10(8)16-15/h1-2,5,16,19H,3-4,6-7,15H2. The van der Waals surface area contributed by atoms with Gasteiger partial charge >= 0.3 is 6.18 Å². The van der Waals surface area contributed by atoms with Crippen LogP contribution in [-0.4, -0.2) is 40.8 Å². The lowest BCUT2D eigenvalue weighted by Crippen LogP contribution is -2.36. The maximum atomic E-state index is 12.4. The highest BCUT2D eigenvalue weighted by atomic mass is 19.4. The van der Waals surface area contributed by atoms with Gasteiger partial charge in [0, 0.05) is 25.2 Å². The molecular weight excluding hydrogens is 293 g/mol. The molecule has 0 saturated heterocycles. The summed E-state index contributed by atoms with van der Waals surface area (Å²) >= 11 is 0. The number of nitrogens with zero attached hydrogens (tertiary/aromatic N) is 2. The zero-order valence-electron chi connectivity index (χ0n) is 10.9. The fraction of sp³-hybridized carbons (Fsp3) is 0.455. The molecule has 0 radical (unpaired) electrons. The Hall–Kier alpha value is -1.91. The van der Waals surface area contributed by atoms with E-state index in [4.69, 9.17) is 10.9 Å². The Bertz CT molecular complexity index is 496. The summed E-state index contributed by atoms with van der Waals surface area (Å²) in [5, 5.41) is 19.5. The van der Waals surface area contributed by atoms with Gasteiger partial charge in [0.2, 0.25) is 0 Å². The van der Waals surface area contributed by atoms with Crippen LogP contribution >= 0.6 is 0 Å². The first-order valence-corrected chi connectivity index (χ1v) is 5.90. The third-order valence-electron chi connectivity index (χ3n) is 2.67. The number of nitro groups is 1. The van der Waals surface area contributed by atoms with Gasteiger partial charge in [0.1, 0.15) is 0 Å². The summed E-state index contributed by atoms with van der Waals surface area (Å²) in [5.74, 6) is 5.24. The van der Waals surface area contributed by atoms with Crippen LogP contribution in [0.3, 0.4) is 0 Å². The van der Waals surface area contributed by atoms with Crippen LogP contribution in [0, 0.1) is 10.1 Å². The quantitative estimate of drug-likeness (QED) is 0.398. The Morgan fingerprint density at radius 1 is 1.43 bits per heavy atom. The van der Waals surface area contributed by atoms with E-state index in [1.54, 1.807) is 0 Å². The topological polar surface area (TPSA) is 105 Å². The number of rotatable bonds is 7. The fourth-order valence-electron chi connectivity index (χ4n) is 1.82. The van der Waals surface area contributed by atoms with Gasteiger partial charge in [-0.15, -0.1) is 0 Å². The van der Waals surface area contributed by atoms with Crippen molar-refractivity contribution in [2.75, 3.05) is 25.1 Å². The number of nitrogens with one attached hydrogen (secondary N) is 1. The van der Waals surface area contributed by atoms with E-state index in [-0.39, 0.29) is 30.0 Å². The Kier molecular flexibility index (Phi) is 5.88. The molecule has 7 nitrogen and oxygen atoms in total. The van der Waals surface area contributed by atoms with E-state index in [2.05, 4.69) is 5.43 Å². The molecule has 0 atom stereocenters. The van der Waals surface area contributed by atoms with Gasteiger partial charge in [-0.3, -0.25) is 20.9 Å². The van der Waals surface area contributed by atoms with E-state index in [1.165, 1.54) is 12.1 Å². The lowest BCUT2D eigenvalue weighted by atomic mass is 10.1. The molecule has 10 heteroatoms. The van der Waals surface area contributed by atoms with E-state index in [0.29, 0.717) is 0 Å². The van der Waals surface area contributed by atoms with E-state index in [1.807, 2.05) is 0 Å². The number of aliphatic hydroxyl groups is 1. The maximum absolute atomic E-state index is 12.4. The van der Waals surface area contributed by atoms with Gasteiger partial charge < -0.3 is 10.5 Å². The number of aliphatic hydroxyl groups excluding tert-OH is 1. The number of anilines is 1. The zero-order chi connectivity index (χ0) is 16.0. The van der Waals surface area contributed by atoms with E-state index >= 15 is 0 Å². The van der Waals surface area contributed by atoms with Gasteiger partial charge in [-0.1, -0.05) is 0 Å². The van der Waals surface area contributed by atoms with Crippen LogP contribution < -0.4 is 11.3 Å². The van der Waals surface area contributed by atoms with E-state index in [9.17, 15) is 23.3 Å². The van der Waals surface area contributed by atoms with Crippen LogP contribution in [0.15, 0.2) is 18.2 Å². The average Bonchev–Trinajstić information content (AvgIpc) is 2.36. The second-order valence-corrected chi connectivity index (χ2v) is 4.29. The monoisotopic (exact) mass is 308 g/mol. The van der Waals surface area contributed by atoms with E-state index < -0.39 is 24.3 Å². The molecule has 1 rings (SSSR count). The summed E-state index contributed by atoms with van der Waals surface area (Å²) in [6.45, 7) is -2.15. The molecule has 118 valence electrons. The van der Waals surface area contributed by atoms with Crippen molar-refractivity contribution in [3.63, 3.8) is 0 Å². The maximum Gasteiger partial charge on any atom is 0.401 e. The largest absolute Gasteiger partial charge is 0.401 e. The molecular formula is C11H15F3N4O3. The number of alkyl halides is 3. The Morgan fingerprint density at radius 3 is 2.57 bits per heavy atom. The highest BCUT2D eigenvalue weighted by Gasteiger charge is 2.30. The van der Waals surface area contributed by atoms with Gasteiger partial charge in [0.05, 0.1) is 23.8 Å². The van der Waals surface area contributed by atoms with Crippen molar-refractivity contribution in [2.24, 2.45) is 5.84 Å². The van der Waals surface area contributed by atoms with Crippen LogP contribution in [0.25, 0.3) is 0 Å². The third kappa shape index (κ3) is 5.53. The van der Waals surface area contributed by atoms with Crippen LogP contribution in [0.2, 0.25) is 0 Å². The highest BCUT2D eigenvalue weighted by molar-refractivity contribution is 5.55. The number of benzene rings is 1. The summed E-state index contributed by atoms with van der Waals surface area (Å²) in [7, 11) is 0.